The van der Waals surface area contributed by atoms with Gasteiger partial charge in [-0.1, -0.05) is 30.3 Å². The largest absolute Gasteiger partial charge is 0.345 e. The number of thiazole rings is 1. The van der Waals surface area contributed by atoms with E-state index in [1.165, 1.54) is 5.56 Å². The van der Waals surface area contributed by atoms with E-state index in [1.807, 2.05) is 16.5 Å². The number of benzene rings is 1. The molecular weight excluding hydrogens is 358 g/mol. The number of rotatable bonds is 4. The van der Waals surface area contributed by atoms with E-state index in [0.29, 0.717) is 6.04 Å². The van der Waals surface area contributed by atoms with Crippen LogP contribution in [0.25, 0.3) is 0 Å². The fourth-order valence-corrected chi connectivity index (χ4v) is 4.51. The van der Waals surface area contributed by atoms with Gasteiger partial charge < -0.3 is 15.1 Å². The van der Waals surface area contributed by atoms with E-state index in [0.717, 1.165) is 63.8 Å². The van der Waals surface area contributed by atoms with Crippen LogP contribution in [0.3, 0.4) is 0 Å². The molecule has 1 N–H and O–H groups in total. The number of carbonyl (C=O) groups is 1. The molecule has 2 aliphatic heterocycles. The second-order valence-corrected chi connectivity index (χ2v) is 8.15. The summed E-state index contributed by atoms with van der Waals surface area (Å²) in [5, 5.41) is 6.31. The number of anilines is 1. The SMILES string of the molecule is O=C(NC1CCN(Cc2ccccc2)CC1)N1CCN(c2nccs2)CC1. The van der Waals surface area contributed by atoms with Crippen molar-refractivity contribution in [2.45, 2.75) is 25.4 Å². The van der Waals surface area contributed by atoms with Crippen LogP contribution in [-0.4, -0.2) is 66.1 Å². The van der Waals surface area contributed by atoms with Crippen LogP contribution < -0.4 is 10.2 Å². The molecule has 3 heterocycles. The summed E-state index contributed by atoms with van der Waals surface area (Å²) in [6, 6.07) is 11.0. The third kappa shape index (κ3) is 4.78. The van der Waals surface area contributed by atoms with Crippen molar-refractivity contribution >= 4 is 22.5 Å². The number of amides is 2. The van der Waals surface area contributed by atoms with Gasteiger partial charge in [-0.2, -0.15) is 0 Å². The molecule has 0 atom stereocenters. The van der Waals surface area contributed by atoms with E-state index in [2.05, 4.69) is 50.4 Å². The zero-order valence-corrected chi connectivity index (χ0v) is 16.4. The minimum atomic E-state index is 0.0929. The maximum absolute atomic E-state index is 12.6. The van der Waals surface area contributed by atoms with Gasteiger partial charge in [0, 0.05) is 63.4 Å². The molecular formula is C20H27N5OS. The first-order valence-electron chi connectivity index (χ1n) is 9.74. The first kappa shape index (κ1) is 18.3. The van der Waals surface area contributed by atoms with Crippen molar-refractivity contribution in [2.75, 3.05) is 44.2 Å². The predicted molar refractivity (Wildman–Crippen MR) is 109 cm³/mol. The highest BCUT2D eigenvalue weighted by Crippen LogP contribution is 2.19. The van der Waals surface area contributed by atoms with Crippen molar-refractivity contribution < 1.29 is 4.79 Å². The lowest BCUT2D eigenvalue weighted by atomic mass is 10.0. The second kappa shape index (κ2) is 8.71. The van der Waals surface area contributed by atoms with E-state index >= 15 is 0 Å². The van der Waals surface area contributed by atoms with E-state index in [9.17, 15) is 4.79 Å². The third-order valence-corrected chi connectivity index (χ3v) is 6.25. The fourth-order valence-electron chi connectivity index (χ4n) is 3.82. The van der Waals surface area contributed by atoms with Crippen molar-refractivity contribution in [3.63, 3.8) is 0 Å². The van der Waals surface area contributed by atoms with Gasteiger partial charge in [0.2, 0.25) is 0 Å². The van der Waals surface area contributed by atoms with Crippen molar-refractivity contribution in [3.05, 3.63) is 47.5 Å². The lowest BCUT2D eigenvalue weighted by Gasteiger charge is -2.37. The number of nitrogens with zero attached hydrogens (tertiary/aromatic N) is 4. The Bertz CT molecular complexity index is 707. The summed E-state index contributed by atoms with van der Waals surface area (Å²) in [4.78, 5) is 23.6. The predicted octanol–water partition coefficient (Wildman–Crippen LogP) is 2.64. The second-order valence-electron chi connectivity index (χ2n) is 7.27. The first-order valence-corrected chi connectivity index (χ1v) is 10.6. The molecule has 0 aliphatic carbocycles. The topological polar surface area (TPSA) is 51.7 Å². The molecule has 0 bridgehead atoms. The number of piperidine rings is 1. The summed E-state index contributed by atoms with van der Waals surface area (Å²) < 4.78 is 0. The van der Waals surface area contributed by atoms with Crippen molar-refractivity contribution in [1.29, 1.82) is 0 Å². The van der Waals surface area contributed by atoms with E-state index in [-0.39, 0.29) is 6.03 Å². The van der Waals surface area contributed by atoms with Gasteiger partial charge in [0.05, 0.1) is 0 Å². The Morgan fingerprint density at radius 3 is 2.48 bits per heavy atom. The molecule has 2 saturated heterocycles. The van der Waals surface area contributed by atoms with Gasteiger partial charge in [-0.3, -0.25) is 4.90 Å². The highest BCUT2D eigenvalue weighted by Gasteiger charge is 2.26. The number of urea groups is 1. The van der Waals surface area contributed by atoms with Crippen molar-refractivity contribution in [3.8, 4) is 0 Å². The molecule has 2 fully saturated rings. The highest BCUT2D eigenvalue weighted by molar-refractivity contribution is 7.13. The van der Waals surface area contributed by atoms with Crippen LogP contribution in [0.5, 0.6) is 0 Å². The number of carbonyl (C=O) groups excluding carboxylic acids is 1. The van der Waals surface area contributed by atoms with Crippen molar-refractivity contribution in [1.82, 2.24) is 20.1 Å². The first-order chi connectivity index (χ1) is 13.3. The monoisotopic (exact) mass is 385 g/mol. The smallest absolute Gasteiger partial charge is 0.317 e. The number of piperazine rings is 1. The zero-order valence-electron chi connectivity index (χ0n) is 15.6. The summed E-state index contributed by atoms with van der Waals surface area (Å²) in [6.45, 7) is 6.32. The molecule has 27 heavy (non-hydrogen) atoms. The Balaban J connectivity index is 1.19. The van der Waals surface area contributed by atoms with Gasteiger partial charge in [0.15, 0.2) is 5.13 Å². The molecule has 6 nitrogen and oxygen atoms in total. The molecule has 0 spiro atoms. The van der Waals surface area contributed by atoms with E-state index in [1.54, 1.807) is 11.3 Å². The lowest BCUT2D eigenvalue weighted by molar-refractivity contribution is 0.167. The molecule has 2 aliphatic rings. The molecule has 144 valence electrons. The number of nitrogens with one attached hydrogen (secondary N) is 1. The van der Waals surface area contributed by atoms with E-state index in [4.69, 9.17) is 0 Å². The molecule has 2 aromatic rings. The molecule has 0 saturated carbocycles. The summed E-state index contributed by atoms with van der Waals surface area (Å²) in [5.74, 6) is 0. The number of likely N-dealkylation sites (tertiary alicyclic amines) is 1. The van der Waals surface area contributed by atoms with Gasteiger partial charge in [-0.05, 0) is 18.4 Å². The Morgan fingerprint density at radius 2 is 1.81 bits per heavy atom. The van der Waals surface area contributed by atoms with Crippen LogP contribution in [0.1, 0.15) is 18.4 Å². The fraction of sp³-hybridized carbons (Fsp3) is 0.500. The summed E-state index contributed by atoms with van der Waals surface area (Å²) in [6.07, 6.45) is 3.89. The highest BCUT2D eigenvalue weighted by atomic mass is 32.1. The number of hydrogen-bond donors (Lipinski definition) is 1. The Kier molecular flexibility index (Phi) is 5.89. The minimum Gasteiger partial charge on any atom is -0.345 e. The lowest BCUT2D eigenvalue weighted by Crippen LogP contribution is -2.54. The normalized spacial score (nSPS) is 19.3. The number of hydrogen-bond acceptors (Lipinski definition) is 5. The Labute approximate surface area is 164 Å². The average Bonchev–Trinajstić information content (AvgIpc) is 3.25. The maximum atomic E-state index is 12.6. The van der Waals surface area contributed by atoms with Gasteiger partial charge in [0.1, 0.15) is 0 Å². The minimum absolute atomic E-state index is 0.0929. The zero-order chi connectivity index (χ0) is 18.5. The molecule has 0 radical (unpaired) electrons. The van der Waals surface area contributed by atoms with Crippen LogP contribution >= 0.6 is 11.3 Å². The van der Waals surface area contributed by atoms with Crippen LogP contribution in [0.15, 0.2) is 41.9 Å². The van der Waals surface area contributed by atoms with Crippen molar-refractivity contribution in [2.24, 2.45) is 0 Å². The average molecular weight is 386 g/mol. The summed E-state index contributed by atoms with van der Waals surface area (Å²) in [7, 11) is 0. The van der Waals surface area contributed by atoms with Crippen LogP contribution in [0, 0.1) is 0 Å². The Morgan fingerprint density at radius 1 is 1.07 bits per heavy atom. The van der Waals surface area contributed by atoms with E-state index < -0.39 is 0 Å². The van der Waals surface area contributed by atoms with Gasteiger partial charge in [0.25, 0.3) is 0 Å². The molecule has 7 heteroatoms. The molecule has 0 unspecified atom stereocenters. The van der Waals surface area contributed by atoms with Crippen LogP contribution in [0.2, 0.25) is 0 Å². The molecule has 1 aromatic heterocycles. The maximum Gasteiger partial charge on any atom is 0.317 e. The molecule has 4 rings (SSSR count). The van der Waals surface area contributed by atoms with Gasteiger partial charge in [-0.25, -0.2) is 9.78 Å². The molecule has 1 aromatic carbocycles. The number of aromatic nitrogens is 1. The summed E-state index contributed by atoms with van der Waals surface area (Å²) in [5.41, 5.74) is 1.36. The van der Waals surface area contributed by atoms with Crippen LogP contribution in [-0.2, 0) is 6.54 Å². The third-order valence-electron chi connectivity index (χ3n) is 5.42. The van der Waals surface area contributed by atoms with Gasteiger partial charge in [-0.15, -0.1) is 11.3 Å². The quantitative estimate of drug-likeness (QED) is 0.879. The molecule has 2 amide bonds. The van der Waals surface area contributed by atoms with Gasteiger partial charge >= 0.3 is 6.03 Å². The Hall–Kier alpha value is -2.12. The standard InChI is InChI=1S/C20H27N5OS/c26-19(24-11-13-25(14-12-24)20-21-8-15-27-20)22-18-6-9-23(10-7-18)16-17-4-2-1-3-5-17/h1-5,8,15,18H,6-7,9-14,16H2,(H,22,26). The van der Waals surface area contributed by atoms with Crippen LogP contribution in [0.4, 0.5) is 9.93 Å². The summed E-state index contributed by atoms with van der Waals surface area (Å²) >= 11 is 1.66.